The van der Waals surface area contributed by atoms with Crippen LogP contribution in [-0.4, -0.2) is 35.1 Å². The van der Waals surface area contributed by atoms with Crippen LogP contribution in [-0.2, 0) is 11.3 Å². The summed E-state index contributed by atoms with van der Waals surface area (Å²) in [4.78, 5) is 23.0. The van der Waals surface area contributed by atoms with Crippen molar-refractivity contribution in [1.29, 1.82) is 0 Å². The molecule has 0 aliphatic rings. The number of thioether (sulfide) groups is 1. The maximum Gasteiger partial charge on any atom is 0.312 e. The molecule has 0 heterocycles. The summed E-state index contributed by atoms with van der Waals surface area (Å²) in [6, 6.07) is 4.43. The Labute approximate surface area is 149 Å². The van der Waals surface area contributed by atoms with E-state index in [0.29, 0.717) is 18.7 Å². The fraction of sp³-hybridized carbons (Fsp3) is 0.357. The van der Waals surface area contributed by atoms with Crippen molar-refractivity contribution in [3.63, 3.8) is 0 Å². The van der Waals surface area contributed by atoms with Crippen molar-refractivity contribution in [2.45, 2.75) is 19.0 Å². The molecule has 0 spiro atoms. The summed E-state index contributed by atoms with van der Waals surface area (Å²) in [5.41, 5.74) is 10.8. The molecule has 24 heavy (non-hydrogen) atoms. The van der Waals surface area contributed by atoms with E-state index in [4.69, 9.17) is 18.0 Å². The quantitative estimate of drug-likeness (QED) is 0.354. The molecule has 10 heteroatoms. The summed E-state index contributed by atoms with van der Waals surface area (Å²) >= 11 is 6.58. The number of amides is 3. The number of primary amides is 1. The molecular formula is C14H20FN5O2S2. The van der Waals surface area contributed by atoms with E-state index < -0.39 is 18.0 Å². The SMILES string of the molecule is CSCC[C@@H](NC(N)=O)C(=O)NNC(=S)NCc1ccc(F)cc1. The smallest absolute Gasteiger partial charge is 0.312 e. The minimum atomic E-state index is -0.770. The first-order chi connectivity index (χ1) is 11.4. The fourth-order valence-corrected chi connectivity index (χ4v) is 2.31. The third-order valence-corrected chi connectivity index (χ3v) is 3.80. The van der Waals surface area contributed by atoms with Crippen molar-refractivity contribution in [2.75, 3.05) is 12.0 Å². The van der Waals surface area contributed by atoms with Crippen molar-refractivity contribution in [1.82, 2.24) is 21.5 Å². The number of rotatable bonds is 7. The molecule has 0 unspecified atom stereocenters. The number of nitrogens with one attached hydrogen (secondary N) is 4. The number of thiocarbonyl (C=S) groups is 1. The van der Waals surface area contributed by atoms with Gasteiger partial charge in [0.05, 0.1) is 0 Å². The Hall–Kier alpha value is -2.07. The minimum Gasteiger partial charge on any atom is -0.357 e. The van der Waals surface area contributed by atoms with E-state index in [1.807, 2.05) is 6.26 Å². The lowest BCUT2D eigenvalue weighted by molar-refractivity contribution is -0.123. The van der Waals surface area contributed by atoms with Crippen molar-refractivity contribution in [3.05, 3.63) is 35.6 Å². The summed E-state index contributed by atoms with van der Waals surface area (Å²) in [5, 5.41) is 5.43. The number of nitrogens with two attached hydrogens (primary N) is 1. The maximum absolute atomic E-state index is 12.8. The lowest BCUT2D eigenvalue weighted by Gasteiger charge is -2.18. The molecule has 3 amide bonds. The van der Waals surface area contributed by atoms with Crippen molar-refractivity contribution < 1.29 is 14.0 Å². The van der Waals surface area contributed by atoms with E-state index in [0.717, 1.165) is 5.56 Å². The molecule has 1 aromatic carbocycles. The van der Waals surface area contributed by atoms with Gasteiger partial charge < -0.3 is 16.4 Å². The van der Waals surface area contributed by atoms with Crippen molar-refractivity contribution in [3.8, 4) is 0 Å². The number of benzene rings is 1. The third kappa shape index (κ3) is 7.97. The molecule has 0 aromatic heterocycles. The van der Waals surface area contributed by atoms with Gasteiger partial charge in [-0.05, 0) is 48.3 Å². The standard InChI is InChI=1S/C14H20FN5O2S2/c1-24-7-6-11(18-13(16)22)12(21)19-20-14(23)17-8-9-2-4-10(15)5-3-9/h2-5,11H,6-8H2,1H3,(H,19,21)(H3,16,18,22)(H2,17,20,23)/t11-/m1/s1. The number of hydrogen-bond donors (Lipinski definition) is 5. The molecule has 1 rings (SSSR count). The molecule has 0 bridgehead atoms. The number of urea groups is 1. The molecule has 0 fully saturated rings. The third-order valence-electron chi connectivity index (χ3n) is 2.91. The molecule has 132 valence electrons. The summed E-state index contributed by atoms with van der Waals surface area (Å²) in [6.07, 6.45) is 2.33. The Morgan fingerprint density at radius 2 is 1.96 bits per heavy atom. The topological polar surface area (TPSA) is 108 Å². The highest BCUT2D eigenvalue weighted by Gasteiger charge is 2.19. The van der Waals surface area contributed by atoms with Crippen LogP contribution >= 0.6 is 24.0 Å². The highest BCUT2D eigenvalue weighted by molar-refractivity contribution is 7.98. The van der Waals surface area contributed by atoms with Gasteiger partial charge in [0.1, 0.15) is 11.9 Å². The Balaban J connectivity index is 2.38. The second kappa shape index (κ2) is 10.7. The molecule has 6 N–H and O–H groups in total. The van der Waals surface area contributed by atoms with E-state index in [1.165, 1.54) is 12.1 Å². The van der Waals surface area contributed by atoms with E-state index in [1.54, 1.807) is 23.9 Å². The summed E-state index contributed by atoms with van der Waals surface area (Å²) in [5.74, 6) is -0.0789. The fourth-order valence-electron chi connectivity index (χ4n) is 1.71. The van der Waals surface area contributed by atoms with E-state index in [-0.39, 0.29) is 10.9 Å². The Morgan fingerprint density at radius 3 is 2.54 bits per heavy atom. The Morgan fingerprint density at radius 1 is 1.29 bits per heavy atom. The molecule has 0 aliphatic carbocycles. The van der Waals surface area contributed by atoms with Crippen LogP contribution in [0.1, 0.15) is 12.0 Å². The average molecular weight is 373 g/mol. The van der Waals surface area contributed by atoms with Crippen LogP contribution in [0.15, 0.2) is 24.3 Å². The van der Waals surface area contributed by atoms with Crippen LogP contribution in [0.2, 0.25) is 0 Å². The van der Waals surface area contributed by atoms with E-state index in [9.17, 15) is 14.0 Å². The summed E-state index contributed by atoms with van der Waals surface area (Å²) < 4.78 is 12.8. The van der Waals surface area contributed by atoms with Gasteiger partial charge in [0, 0.05) is 6.54 Å². The Bertz CT molecular complexity index is 571. The first-order valence-corrected chi connectivity index (χ1v) is 8.85. The molecule has 1 aromatic rings. The lowest BCUT2D eigenvalue weighted by Crippen LogP contribution is -2.55. The minimum absolute atomic E-state index is 0.190. The number of halogens is 1. The zero-order valence-corrected chi connectivity index (χ0v) is 14.7. The predicted octanol–water partition coefficient (Wildman–Crippen LogP) is 0.611. The monoisotopic (exact) mass is 373 g/mol. The van der Waals surface area contributed by atoms with Crippen LogP contribution in [0.25, 0.3) is 0 Å². The second-order valence-corrected chi connectivity index (χ2v) is 6.16. The van der Waals surface area contributed by atoms with Gasteiger partial charge in [-0.15, -0.1) is 0 Å². The second-order valence-electron chi connectivity index (χ2n) is 4.77. The number of hydrogen-bond acceptors (Lipinski definition) is 4. The number of carbonyl (C=O) groups is 2. The molecule has 1 atom stereocenters. The van der Waals surface area contributed by atoms with Gasteiger partial charge >= 0.3 is 6.03 Å². The van der Waals surface area contributed by atoms with Crippen LogP contribution in [0.3, 0.4) is 0 Å². The summed E-state index contributed by atoms with van der Waals surface area (Å²) in [7, 11) is 0. The molecule has 0 saturated carbocycles. The maximum atomic E-state index is 12.8. The first-order valence-electron chi connectivity index (χ1n) is 7.05. The van der Waals surface area contributed by atoms with E-state index in [2.05, 4.69) is 21.5 Å². The molecule has 7 nitrogen and oxygen atoms in total. The highest BCUT2D eigenvalue weighted by atomic mass is 32.2. The van der Waals surface area contributed by atoms with Gasteiger partial charge in [0.2, 0.25) is 0 Å². The van der Waals surface area contributed by atoms with E-state index >= 15 is 0 Å². The number of carbonyl (C=O) groups excluding carboxylic acids is 2. The largest absolute Gasteiger partial charge is 0.357 e. The van der Waals surface area contributed by atoms with Gasteiger partial charge in [0.25, 0.3) is 5.91 Å². The first kappa shape index (κ1) is 20.0. The predicted molar refractivity (Wildman–Crippen MR) is 96.6 cm³/mol. The number of hydrazine groups is 1. The summed E-state index contributed by atoms with van der Waals surface area (Å²) in [6.45, 7) is 0.372. The zero-order chi connectivity index (χ0) is 17.9. The zero-order valence-electron chi connectivity index (χ0n) is 13.1. The van der Waals surface area contributed by atoms with Crippen LogP contribution < -0.4 is 27.2 Å². The Kier molecular flexibility index (Phi) is 8.87. The van der Waals surface area contributed by atoms with Gasteiger partial charge in [-0.2, -0.15) is 11.8 Å². The lowest BCUT2D eigenvalue weighted by atomic mass is 10.2. The van der Waals surface area contributed by atoms with Crippen molar-refractivity contribution in [2.24, 2.45) is 5.73 Å². The van der Waals surface area contributed by atoms with Gasteiger partial charge in [-0.3, -0.25) is 15.6 Å². The van der Waals surface area contributed by atoms with Crippen LogP contribution in [0, 0.1) is 5.82 Å². The van der Waals surface area contributed by atoms with Gasteiger partial charge in [0.15, 0.2) is 5.11 Å². The van der Waals surface area contributed by atoms with Crippen LogP contribution in [0.5, 0.6) is 0 Å². The highest BCUT2D eigenvalue weighted by Crippen LogP contribution is 2.02. The molecule has 0 saturated heterocycles. The van der Waals surface area contributed by atoms with Crippen molar-refractivity contribution >= 4 is 41.0 Å². The van der Waals surface area contributed by atoms with Gasteiger partial charge in [-0.25, -0.2) is 9.18 Å². The van der Waals surface area contributed by atoms with Gasteiger partial charge in [-0.1, -0.05) is 12.1 Å². The molecule has 0 aliphatic heterocycles. The average Bonchev–Trinajstić information content (AvgIpc) is 2.55. The molecular weight excluding hydrogens is 353 g/mol. The molecule has 0 radical (unpaired) electrons. The normalized spacial score (nSPS) is 11.2. The van der Waals surface area contributed by atoms with Crippen LogP contribution in [0.4, 0.5) is 9.18 Å².